The van der Waals surface area contributed by atoms with Gasteiger partial charge >= 0.3 is 5.97 Å². The number of amides is 1. The van der Waals surface area contributed by atoms with Crippen LogP contribution in [0.2, 0.25) is 0 Å². The molecule has 1 aromatic carbocycles. The average Bonchev–Trinajstić information content (AvgIpc) is 2.79. The van der Waals surface area contributed by atoms with E-state index < -0.39 is 12.0 Å². The van der Waals surface area contributed by atoms with Gasteiger partial charge < -0.3 is 4.74 Å². The van der Waals surface area contributed by atoms with Gasteiger partial charge in [-0.3, -0.25) is 4.79 Å². The fourth-order valence-corrected chi connectivity index (χ4v) is 2.50. The summed E-state index contributed by atoms with van der Waals surface area (Å²) < 4.78 is 5.34. The van der Waals surface area contributed by atoms with Crippen LogP contribution in [0.5, 0.6) is 0 Å². The first-order chi connectivity index (χ1) is 8.59. The number of cyclic esters (lactones) is 1. The minimum Gasteiger partial charge on any atom is -0.453 e. The van der Waals surface area contributed by atoms with Crippen LogP contribution in [0.3, 0.4) is 0 Å². The summed E-state index contributed by atoms with van der Waals surface area (Å²) in [5.41, 5.74) is 1.99. The Morgan fingerprint density at radius 3 is 2.67 bits per heavy atom. The number of carbonyl (C=O) groups is 2. The van der Waals surface area contributed by atoms with Crippen LogP contribution in [0.25, 0.3) is 0 Å². The number of nitrogens with zero attached hydrogens (tertiary/aromatic N) is 2. The van der Waals surface area contributed by atoms with E-state index >= 15 is 0 Å². The summed E-state index contributed by atoms with van der Waals surface area (Å²) in [6, 6.07) is 7.16. The van der Waals surface area contributed by atoms with Crippen LogP contribution >= 0.6 is 0 Å². The lowest BCUT2D eigenvalue weighted by molar-refractivity contribution is -0.133. The molecule has 0 fully saturated rings. The summed E-state index contributed by atoms with van der Waals surface area (Å²) in [7, 11) is 1.61. The number of carbonyl (C=O) groups excluding carboxylic acids is 2. The first-order valence-corrected chi connectivity index (χ1v) is 5.72. The molecular formula is C13H12N2O3. The predicted molar refractivity (Wildman–Crippen MR) is 64.0 cm³/mol. The van der Waals surface area contributed by atoms with Crippen molar-refractivity contribution in [3.05, 3.63) is 35.4 Å². The van der Waals surface area contributed by atoms with E-state index in [4.69, 9.17) is 4.74 Å². The lowest BCUT2D eigenvalue weighted by atomic mass is 9.91. The molecule has 2 heterocycles. The maximum absolute atomic E-state index is 12.0. The molecule has 0 bridgehead atoms. The minimum absolute atomic E-state index is 0.137. The second-order valence-corrected chi connectivity index (χ2v) is 4.49. The second-order valence-electron chi connectivity index (χ2n) is 4.49. The number of hydrogen-bond acceptors (Lipinski definition) is 4. The van der Waals surface area contributed by atoms with Gasteiger partial charge in [0.15, 0.2) is 0 Å². The molecule has 1 amide bonds. The number of rotatable bonds is 1. The van der Waals surface area contributed by atoms with E-state index in [0.29, 0.717) is 11.3 Å². The van der Waals surface area contributed by atoms with Crippen molar-refractivity contribution in [3.63, 3.8) is 0 Å². The van der Waals surface area contributed by atoms with E-state index in [2.05, 4.69) is 5.10 Å². The van der Waals surface area contributed by atoms with E-state index in [9.17, 15) is 9.59 Å². The Bertz CT molecular complexity index is 579. The van der Waals surface area contributed by atoms with Crippen LogP contribution in [0.15, 0.2) is 29.4 Å². The average molecular weight is 244 g/mol. The molecule has 18 heavy (non-hydrogen) atoms. The summed E-state index contributed by atoms with van der Waals surface area (Å²) in [4.78, 5) is 23.8. The van der Waals surface area contributed by atoms with Gasteiger partial charge in [-0.15, -0.1) is 0 Å². The topological polar surface area (TPSA) is 59.0 Å². The zero-order chi connectivity index (χ0) is 12.9. The molecule has 0 saturated heterocycles. The smallest absolute Gasteiger partial charge is 0.339 e. The quantitative estimate of drug-likeness (QED) is 0.701. The van der Waals surface area contributed by atoms with Crippen molar-refractivity contribution >= 4 is 17.6 Å². The lowest BCUT2D eigenvalue weighted by Gasteiger charge is -2.17. The number of ether oxygens (including phenoxy) is 1. The first-order valence-electron chi connectivity index (χ1n) is 5.72. The van der Waals surface area contributed by atoms with Crippen LogP contribution in [0, 0.1) is 5.92 Å². The second kappa shape index (κ2) is 3.66. The molecule has 0 saturated carbocycles. The highest BCUT2D eigenvalue weighted by atomic mass is 16.5. The molecule has 0 N–H and O–H groups in total. The van der Waals surface area contributed by atoms with Crippen molar-refractivity contribution in [2.75, 3.05) is 7.05 Å². The van der Waals surface area contributed by atoms with Crippen molar-refractivity contribution in [2.24, 2.45) is 11.0 Å². The molecule has 0 spiro atoms. The van der Waals surface area contributed by atoms with Gasteiger partial charge in [-0.05, 0) is 13.0 Å². The number of hydrogen-bond donors (Lipinski definition) is 0. The molecule has 5 heteroatoms. The fraction of sp³-hybridized carbons (Fsp3) is 0.308. The molecule has 0 radical (unpaired) electrons. The molecule has 0 aromatic heterocycles. The summed E-state index contributed by atoms with van der Waals surface area (Å²) >= 11 is 0. The highest BCUT2D eigenvalue weighted by Gasteiger charge is 2.45. The number of benzene rings is 1. The molecule has 92 valence electrons. The van der Waals surface area contributed by atoms with Crippen LogP contribution in [0.1, 0.15) is 28.9 Å². The highest BCUT2D eigenvalue weighted by Crippen LogP contribution is 2.38. The van der Waals surface area contributed by atoms with E-state index in [1.807, 2.05) is 12.1 Å². The fourth-order valence-electron chi connectivity index (χ4n) is 2.50. The molecule has 5 nitrogen and oxygen atoms in total. The third-order valence-electron chi connectivity index (χ3n) is 3.37. The third-order valence-corrected chi connectivity index (χ3v) is 3.37. The summed E-state index contributed by atoms with van der Waals surface area (Å²) in [6.45, 7) is 1.78. The van der Waals surface area contributed by atoms with Gasteiger partial charge in [-0.1, -0.05) is 18.2 Å². The molecule has 3 rings (SSSR count). The molecule has 1 aromatic rings. The summed E-state index contributed by atoms with van der Waals surface area (Å²) in [5, 5.41) is 5.40. The summed E-state index contributed by atoms with van der Waals surface area (Å²) in [5.74, 6) is -1.00. The van der Waals surface area contributed by atoms with E-state index in [-0.39, 0.29) is 11.9 Å². The Kier molecular flexibility index (Phi) is 2.23. The lowest BCUT2D eigenvalue weighted by Crippen LogP contribution is -2.29. The van der Waals surface area contributed by atoms with Crippen LogP contribution < -0.4 is 0 Å². The number of esters is 1. The van der Waals surface area contributed by atoms with Gasteiger partial charge in [0.05, 0.1) is 11.3 Å². The molecular weight excluding hydrogens is 232 g/mol. The molecule has 0 aliphatic carbocycles. The van der Waals surface area contributed by atoms with Crippen molar-refractivity contribution in [2.45, 2.75) is 13.0 Å². The van der Waals surface area contributed by atoms with Crippen molar-refractivity contribution in [1.29, 1.82) is 0 Å². The standard InChI is InChI=1S/C13H12N2O3/c1-7-10(12(16)15(2)14-7)11-8-5-3-4-6-9(8)13(17)18-11/h3-6,10-11H,1-2H3. The largest absolute Gasteiger partial charge is 0.453 e. The monoisotopic (exact) mass is 244 g/mol. The Morgan fingerprint density at radius 2 is 2.00 bits per heavy atom. The maximum Gasteiger partial charge on any atom is 0.339 e. The Labute approximate surface area is 104 Å². The maximum atomic E-state index is 12.0. The Balaban J connectivity index is 2.04. The Morgan fingerprint density at radius 1 is 1.28 bits per heavy atom. The minimum atomic E-state index is -0.546. The van der Waals surface area contributed by atoms with E-state index in [1.165, 1.54) is 5.01 Å². The predicted octanol–water partition coefficient (Wildman–Crippen LogP) is 1.36. The molecule has 2 atom stereocenters. The SMILES string of the molecule is CC1=NN(C)C(=O)C1C1OC(=O)c2ccccc21. The zero-order valence-electron chi connectivity index (χ0n) is 10.1. The van der Waals surface area contributed by atoms with Crippen molar-refractivity contribution in [3.8, 4) is 0 Å². The third kappa shape index (κ3) is 1.37. The van der Waals surface area contributed by atoms with Crippen LogP contribution in [-0.4, -0.2) is 29.6 Å². The van der Waals surface area contributed by atoms with Gasteiger partial charge in [-0.25, -0.2) is 9.80 Å². The molecule has 2 aliphatic rings. The van der Waals surface area contributed by atoms with Crippen molar-refractivity contribution < 1.29 is 14.3 Å². The van der Waals surface area contributed by atoms with E-state index in [0.717, 1.165) is 5.56 Å². The van der Waals surface area contributed by atoms with Gasteiger partial charge in [0.25, 0.3) is 5.91 Å². The highest BCUT2D eigenvalue weighted by molar-refractivity contribution is 6.08. The molecule has 2 aliphatic heterocycles. The van der Waals surface area contributed by atoms with Gasteiger partial charge in [-0.2, -0.15) is 5.10 Å². The zero-order valence-corrected chi connectivity index (χ0v) is 10.1. The van der Waals surface area contributed by atoms with E-state index in [1.54, 1.807) is 26.1 Å². The van der Waals surface area contributed by atoms with Gasteiger partial charge in [0, 0.05) is 12.6 Å². The molecule has 2 unspecified atom stereocenters. The normalized spacial score (nSPS) is 26.1. The number of fused-ring (bicyclic) bond motifs is 1. The van der Waals surface area contributed by atoms with Gasteiger partial charge in [0.1, 0.15) is 12.0 Å². The van der Waals surface area contributed by atoms with Crippen molar-refractivity contribution in [1.82, 2.24) is 5.01 Å². The van der Waals surface area contributed by atoms with Crippen LogP contribution in [0.4, 0.5) is 0 Å². The Hall–Kier alpha value is -2.17. The summed E-state index contributed by atoms with van der Waals surface area (Å²) in [6.07, 6.45) is -0.546. The van der Waals surface area contributed by atoms with Crippen LogP contribution in [-0.2, 0) is 9.53 Å². The number of hydrazone groups is 1. The van der Waals surface area contributed by atoms with Gasteiger partial charge in [0.2, 0.25) is 0 Å². The first kappa shape index (κ1) is 11.0.